The van der Waals surface area contributed by atoms with Crippen LogP contribution < -0.4 is 5.56 Å². The Morgan fingerprint density at radius 2 is 2.26 bits per heavy atom. The van der Waals surface area contributed by atoms with Crippen molar-refractivity contribution in [3.05, 3.63) is 46.1 Å². The van der Waals surface area contributed by atoms with Gasteiger partial charge in [-0.05, 0) is 19.1 Å². The lowest BCUT2D eigenvalue weighted by atomic mass is 10.1. The molecule has 142 valence electrons. The monoisotopic (exact) mass is 372 g/mol. The van der Waals surface area contributed by atoms with Crippen molar-refractivity contribution in [2.24, 2.45) is 0 Å². The average molecular weight is 372 g/mol. The minimum atomic E-state index is -1.00. The molecular weight excluding hydrogens is 352 g/mol. The number of amides is 1. The average Bonchev–Trinajstić information content (AvgIpc) is 2.65. The molecular formula is C18H20N4O5. The van der Waals surface area contributed by atoms with Gasteiger partial charge in [0.1, 0.15) is 5.82 Å². The molecule has 1 atom stereocenters. The van der Waals surface area contributed by atoms with E-state index in [0.29, 0.717) is 30.2 Å². The molecule has 1 saturated heterocycles. The topological polar surface area (TPSA) is 125 Å². The smallest absolute Gasteiger partial charge is 0.305 e. The van der Waals surface area contributed by atoms with Crippen molar-refractivity contribution in [3.8, 4) is 11.4 Å². The molecule has 9 nitrogen and oxygen atoms in total. The number of carbonyl (C=O) groups excluding carboxylic acids is 1. The molecule has 1 aliphatic heterocycles. The summed E-state index contributed by atoms with van der Waals surface area (Å²) in [5.41, 5.74) is 1.00. The van der Waals surface area contributed by atoms with Gasteiger partial charge in [0.05, 0.1) is 32.1 Å². The number of rotatable bonds is 5. The van der Waals surface area contributed by atoms with Crippen LogP contribution >= 0.6 is 0 Å². The number of H-pyrrole nitrogens is 1. The second-order valence-corrected chi connectivity index (χ2v) is 6.31. The fraction of sp³-hybridized carbons (Fsp3) is 0.389. The van der Waals surface area contributed by atoms with Gasteiger partial charge in [0.25, 0.3) is 5.56 Å². The molecule has 0 aliphatic carbocycles. The molecule has 1 amide bonds. The number of carboxylic acids is 1. The summed E-state index contributed by atoms with van der Waals surface area (Å²) >= 11 is 0. The lowest BCUT2D eigenvalue weighted by Gasteiger charge is -2.35. The van der Waals surface area contributed by atoms with E-state index in [-0.39, 0.29) is 30.9 Å². The maximum Gasteiger partial charge on any atom is 0.305 e. The molecule has 1 unspecified atom stereocenters. The first-order valence-corrected chi connectivity index (χ1v) is 8.55. The van der Waals surface area contributed by atoms with Gasteiger partial charge < -0.3 is 19.7 Å². The van der Waals surface area contributed by atoms with Crippen LogP contribution in [0.3, 0.4) is 0 Å². The molecule has 2 N–H and O–H groups in total. The van der Waals surface area contributed by atoms with Gasteiger partial charge in [-0.25, -0.2) is 4.98 Å². The van der Waals surface area contributed by atoms with Crippen molar-refractivity contribution in [2.75, 3.05) is 19.8 Å². The van der Waals surface area contributed by atoms with Gasteiger partial charge in [-0.3, -0.25) is 19.4 Å². The SMILES string of the molecule is Cc1nc(-c2cccnc2)[nH]c(=O)c1CC(=O)N1CCOCC1CC(=O)O. The van der Waals surface area contributed by atoms with E-state index in [0.717, 1.165) is 0 Å². The van der Waals surface area contributed by atoms with Crippen LogP contribution in [0.2, 0.25) is 0 Å². The second-order valence-electron chi connectivity index (χ2n) is 6.31. The first-order chi connectivity index (χ1) is 13.0. The fourth-order valence-corrected chi connectivity index (χ4v) is 3.06. The van der Waals surface area contributed by atoms with Gasteiger partial charge >= 0.3 is 5.97 Å². The number of pyridine rings is 1. The van der Waals surface area contributed by atoms with Crippen LogP contribution in [0.25, 0.3) is 11.4 Å². The molecule has 0 saturated carbocycles. The van der Waals surface area contributed by atoms with E-state index in [1.807, 2.05) is 0 Å². The van der Waals surface area contributed by atoms with Gasteiger partial charge in [-0.2, -0.15) is 0 Å². The van der Waals surface area contributed by atoms with E-state index in [9.17, 15) is 14.4 Å². The summed E-state index contributed by atoms with van der Waals surface area (Å²) in [5.74, 6) is -0.925. The van der Waals surface area contributed by atoms with E-state index in [1.54, 1.807) is 31.5 Å². The van der Waals surface area contributed by atoms with E-state index in [2.05, 4.69) is 15.0 Å². The standard InChI is InChI=1S/C18H20N4O5/c1-11-14(18(26)21-17(20-11)12-3-2-4-19-9-12)8-15(23)22-5-6-27-10-13(22)7-16(24)25/h2-4,9,13H,5-8,10H2,1H3,(H,24,25)(H,20,21,26). The van der Waals surface area contributed by atoms with Gasteiger partial charge in [0.15, 0.2) is 0 Å². The van der Waals surface area contributed by atoms with Crippen LogP contribution in [0.5, 0.6) is 0 Å². The van der Waals surface area contributed by atoms with Crippen LogP contribution in [-0.2, 0) is 20.7 Å². The molecule has 0 bridgehead atoms. The number of aromatic nitrogens is 3. The third kappa shape index (κ3) is 4.37. The van der Waals surface area contributed by atoms with Gasteiger partial charge in [0, 0.05) is 35.8 Å². The Morgan fingerprint density at radius 3 is 2.93 bits per heavy atom. The van der Waals surface area contributed by atoms with Crippen LogP contribution in [-0.4, -0.2) is 62.6 Å². The number of nitrogens with one attached hydrogen (secondary N) is 1. The summed E-state index contributed by atoms with van der Waals surface area (Å²) < 4.78 is 5.28. The van der Waals surface area contributed by atoms with E-state index in [1.165, 1.54) is 4.90 Å². The van der Waals surface area contributed by atoms with E-state index < -0.39 is 17.6 Å². The summed E-state index contributed by atoms with van der Waals surface area (Å²) in [6, 6.07) is 2.98. The predicted octanol–water partition coefficient (Wildman–Crippen LogP) is 0.385. The first kappa shape index (κ1) is 18.7. The zero-order valence-corrected chi connectivity index (χ0v) is 14.8. The molecule has 1 fully saturated rings. The Bertz CT molecular complexity index is 896. The first-order valence-electron chi connectivity index (χ1n) is 8.55. The van der Waals surface area contributed by atoms with E-state index in [4.69, 9.17) is 9.84 Å². The highest BCUT2D eigenvalue weighted by atomic mass is 16.5. The zero-order chi connectivity index (χ0) is 19.4. The maximum atomic E-state index is 12.7. The third-order valence-electron chi connectivity index (χ3n) is 4.44. The van der Waals surface area contributed by atoms with Crippen molar-refractivity contribution in [1.82, 2.24) is 19.9 Å². The van der Waals surface area contributed by atoms with Crippen molar-refractivity contribution in [1.29, 1.82) is 0 Å². The largest absolute Gasteiger partial charge is 0.481 e. The summed E-state index contributed by atoms with van der Waals surface area (Å²) in [6.45, 7) is 2.49. The Morgan fingerprint density at radius 1 is 1.44 bits per heavy atom. The van der Waals surface area contributed by atoms with Crippen molar-refractivity contribution >= 4 is 11.9 Å². The molecule has 27 heavy (non-hydrogen) atoms. The van der Waals surface area contributed by atoms with Crippen molar-refractivity contribution in [2.45, 2.75) is 25.8 Å². The zero-order valence-electron chi connectivity index (χ0n) is 14.8. The van der Waals surface area contributed by atoms with Gasteiger partial charge in [-0.15, -0.1) is 0 Å². The Labute approximate surface area is 155 Å². The number of ether oxygens (including phenoxy) is 1. The minimum Gasteiger partial charge on any atom is -0.481 e. The minimum absolute atomic E-state index is 0.141. The fourth-order valence-electron chi connectivity index (χ4n) is 3.06. The molecule has 1 aliphatic rings. The third-order valence-corrected chi connectivity index (χ3v) is 4.44. The van der Waals surface area contributed by atoms with Gasteiger partial charge in [0.2, 0.25) is 5.91 Å². The molecule has 0 spiro atoms. The van der Waals surface area contributed by atoms with Crippen molar-refractivity contribution < 1.29 is 19.4 Å². The van der Waals surface area contributed by atoms with Crippen molar-refractivity contribution in [3.63, 3.8) is 0 Å². The molecule has 0 aromatic carbocycles. The number of carboxylic acid groups (broad SMARTS) is 1. The highest BCUT2D eigenvalue weighted by Gasteiger charge is 2.30. The van der Waals surface area contributed by atoms with Gasteiger partial charge in [-0.1, -0.05) is 0 Å². The number of nitrogens with zero attached hydrogens (tertiary/aromatic N) is 3. The number of morpholine rings is 1. The van der Waals surface area contributed by atoms with Crippen LogP contribution in [0.4, 0.5) is 0 Å². The second kappa shape index (κ2) is 8.09. The Balaban J connectivity index is 1.81. The molecule has 3 rings (SSSR count). The lowest BCUT2D eigenvalue weighted by molar-refractivity contribution is -0.145. The molecule has 0 radical (unpaired) electrons. The number of aromatic amines is 1. The number of carbonyl (C=O) groups is 2. The molecule has 2 aromatic heterocycles. The summed E-state index contributed by atoms with van der Waals surface area (Å²) in [6.07, 6.45) is 2.88. The maximum absolute atomic E-state index is 12.7. The Hall–Kier alpha value is -3.07. The van der Waals surface area contributed by atoms with E-state index >= 15 is 0 Å². The molecule has 2 aromatic rings. The number of aryl methyl sites for hydroxylation is 1. The molecule has 3 heterocycles. The number of aliphatic carboxylic acids is 1. The number of hydrogen-bond donors (Lipinski definition) is 2. The predicted molar refractivity (Wildman–Crippen MR) is 95.1 cm³/mol. The lowest BCUT2D eigenvalue weighted by Crippen LogP contribution is -2.50. The summed E-state index contributed by atoms with van der Waals surface area (Å²) in [4.78, 5) is 48.8. The summed E-state index contributed by atoms with van der Waals surface area (Å²) in [5, 5.41) is 9.02. The highest BCUT2D eigenvalue weighted by Crippen LogP contribution is 2.15. The van der Waals surface area contributed by atoms with Crippen LogP contribution in [0.15, 0.2) is 29.3 Å². The summed E-state index contributed by atoms with van der Waals surface area (Å²) in [7, 11) is 0. The van der Waals surface area contributed by atoms with Crippen LogP contribution in [0, 0.1) is 6.92 Å². The number of hydrogen-bond acceptors (Lipinski definition) is 6. The quantitative estimate of drug-likeness (QED) is 0.777. The van der Waals surface area contributed by atoms with Crippen LogP contribution in [0.1, 0.15) is 17.7 Å². The molecule has 9 heteroatoms. The normalized spacial score (nSPS) is 16.9. The Kier molecular flexibility index (Phi) is 5.60. The highest BCUT2D eigenvalue weighted by molar-refractivity contribution is 5.80.